The van der Waals surface area contributed by atoms with Gasteiger partial charge in [-0.3, -0.25) is 4.79 Å². The van der Waals surface area contributed by atoms with Crippen LogP contribution in [0.1, 0.15) is 16.5 Å². The van der Waals surface area contributed by atoms with Crippen LogP contribution in [0.2, 0.25) is 4.34 Å². The third-order valence-corrected chi connectivity index (χ3v) is 6.46. The molecule has 8 nitrogen and oxygen atoms in total. The van der Waals surface area contributed by atoms with E-state index in [1.54, 1.807) is 31.2 Å². The van der Waals surface area contributed by atoms with Crippen LogP contribution in [-0.4, -0.2) is 27.7 Å². The molecule has 2 aromatic carbocycles. The highest BCUT2D eigenvalue weighted by molar-refractivity contribution is 7.16. The first-order valence-electron chi connectivity index (χ1n) is 9.71. The number of fused-ring (bicyclic) bond motifs is 1. The number of halogens is 2. The van der Waals surface area contributed by atoms with Crippen molar-refractivity contribution in [3.05, 3.63) is 83.9 Å². The van der Waals surface area contributed by atoms with Gasteiger partial charge >= 0.3 is 11.7 Å². The maximum absolute atomic E-state index is 14.3. The van der Waals surface area contributed by atoms with E-state index in [1.807, 2.05) is 0 Å². The van der Waals surface area contributed by atoms with Crippen molar-refractivity contribution >= 4 is 51.2 Å². The van der Waals surface area contributed by atoms with E-state index in [0.717, 1.165) is 22.0 Å². The van der Waals surface area contributed by atoms with Gasteiger partial charge in [0.05, 0.1) is 26.6 Å². The zero-order valence-electron chi connectivity index (χ0n) is 17.4. The van der Waals surface area contributed by atoms with Gasteiger partial charge < -0.3 is 20.7 Å². The summed E-state index contributed by atoms with van der Waals surface area (Å²) in [4.78, 5) is 40.8. The van der Waals surface area contributed by atoms with E-state index in [1.165, 1.54) is 19.2 Å². The van der Waals surface area contributed by atoms with Gasteiger partial charge in [0, 0.05) is 17.6 Å². The van der Waals surface area contributed by atoms with E-state index in [-0.39, 0.29) is 22.3 Å². The number of carboxylic acid groups (broad SMARTS) is 1. The molecule has 0 saturated carbocycles. The zero-order valence-corrected chi connectivity index (χ0v) is 19.0. The van der Waals surface area contributed by atoms with Gasteiger partial charge in [-0.05, 0) is 48.9 Å². The van der Waals surface area contributed by atoms with E-state index in [4.69, 9.17) is 11.6 Å². The number of nitrogens with zero attached hydrogens (tertiary/aromatic N) is 1. The molecule has 2 heterocycles. The average Bonchev–Trinajstić information content (AvgIpc) is 3.19. The number of aromatic amines is 1. The molecule has 0 aliphatic rings. The lowest BCUT2D eigenvalue weighted by Crippen LogP contribution is -2.33. The number of hydrogen-bond acceptors (Lipinski definition) is 6. The number of carbonyl (C=O) groups is 1. The first kappa shape index (κ1) is 22.6. The second kappa shape index (κ2) is 8.72. The van der Waals surface area contributed by atoms with Crippen LogP contribution in [0.25, 0.3) is 16.6 Å². The molecule has 4 N–H and O–H groups in total. The van der Waals surface area contributed by atoms with Gasteiger partial charge in [0.15, 0.2) is 6.04 Å². The maximum Gasteiger partial charge on any atom is 0.333 e. The Morgan fingerprint density at radius 2 is 1.94 bits per heavy atom. The summed E-state index contributed by atoms with van der Waals surface area (Å²) in [6.45, 7) is 1.76. The summed E-state index contributed by atoms with van der Waals surface area (Å²) in [5.41, 5.74) is 0.224. The average molecular weight is 489 g/mol. The standard InChI is InChI=1S/C22H18ClFN4O4S/c1-10-3-4-11(7-14(10)26-19(21(30)31)17-5-6-18(23)33-17)28-20(29)12-8-13(24)16(25-2)9-15(12)27-22(28)32/h3-9,19,25-26H,1-2H3,(H,27,32)(H,30,31). The Labute approximate surface area is 195 Å². The maximum atomic E-state index is 14.3. The number of benzene rings is 2. The summed E-state index contributed by atoms with van der Waals surface area (Å²) in [7, 11) is 1.53. The van der Waals surface area contributed by atoms with Crippen molar-refractivity contribution in [1.82, 2.24) is 9.55 Å². The molecule has 4 rings (SSSR count). The molecule has 2 aromatic heterocycles. The zero-order chi connectivity index (χ0) is 23.9. The third-order valence-electron chi connectivity index (χ3n) is 5.16. The monoisotopic (exact) mass is 488 g/mol. The van der Waals surface area contributed by atoms with Crippen molar-refractivity contribution < 1.29 is 14.3 Å². The quantitative estimate of drug-likeness (QED) is 0.324. The highest BCUT2D eigenvalue weighted by Crippen LogP contribution is 2.31. The normalized spacial score (nSPS) is 12.0. The number of H-pyrrole nitrogens is 1. The number of nitrogens with one attached hydrogen (secondary N) is 3. The fraction of sp³-hybridized carbons (Fsp3) is 0.136. The molecule has 11 heteroatoms. The van der Waals surface area contributed by atoms with Crippen LogP contribution in [0.15, 0.2) is 52.1 Å². The van der Waals surface area contributed by atoms with Crippen LogP contribution in [0.4, 0.5) is 15.8 Å². The van der Waals surface area contributed by atoms with Crippen LogP contribution >= 0.6 is 22.9 Å². The molecule has 0 saturated heterocycles. The highest BCUT2D eigenvalue weighted by Gasteiger charge is 2.23. The summed E-state index contributed by atoms with van der Waals surface area (Å²) in [5.74, 6) is -1.75. The van der Waals surface area contributed by atoms with Crippen molar-refractivity contribution in [3.63, 3.8) is 0 Å². The van der Waals surface area contributed by atoms with Gasteiger partial charge in [0.1, 0.15) is 5.82 Å². The van der Waals surface area contributed by atoms with E-state index in [0.29, 0.717) is 20.5 Å². The Hall–Kier alpha value is -3.63. The predicted octanol–water partition coefficient (Wildman–Crippen LogP) is 4.12. The minimum atomic E-state index is -1.12. The molecule has 0 aliphatic carbocycles. The Balaban J connectivity index is 1.83. The molecule has 0 spiro atoms. The lowest BCUT2D eigenvalue weighted by atomic mass is 10.1. The highest BCUT2D eigenvalue weighted by atomic mass is 35.5. The number of rotatable bonds is 6. The number of aromatic nitrogens is 2. The van der Waals surface area contributed by atoms with Crippen LogP contribution in [0.5, 0.6) is 0 Å². The SMILES string of the molecule is CNc1cc2[nH]c(=O)n(-c3ccc(C)c(NC(C(=O)O)c4ccc(Cl)s4)c3)c(=O)c2cc1F. The summed E-state index contributed by atoms with van der Waals surface area (Å²) in [6.07, 6.45) is 0. The van der Waals surface area contributed by atoms with Crippen LogP contribution in [0, 0.1) is 12.7 Å². The number of anilines is 2. The number of aliphatic carboxylic acids is 1. The van der Waals surface area contributed by atoms with Crippen molar-refractivity contribution in [2.75, 3.05) is 17.7 Å². The van der Waals surface area contributed by atoms with E-state index in [9.17, 15) is 23.9 Å². The molecule has 0 fully saturated rings. The summed E-state index contributed by atoms with van der Waals surface area (Å²) in [5, 5.41) is 15.3. The molecule has 0 amide bonds. The number of aryl methyl sites for hydroxylation is 1. The van der Waals surface area contributed by atoms with E-state index in [2.05, 4.69) is 15.6 Å². The summed E-state index contributed by atoms with van der Waals surface area (Å²) < 4.78 is 15.6. The van der Waals surface area contributed by atoms with Crippen molar-refractivity contribution in [1.29, 1.82) is 0 Å². The van der Waals surface area contributed by atoms with Crippen LogP contribution < -0.4 is 21.9 Å². The summed E-state index contributed by atoms with van der Waals surface area (Å²) >= 11 is 7.08. The number of carboxylic acids is 1. The molecular formula is C22H18ClFN4O4S. The van der Waals surface area contributed by atoms with Crippen LogP contribution in [0.3, 0.4) is 0 Å². The molecule has 0 radical (unpaired) electrons. The van der Waals surface area contributed by atoms with Gasteiger partial charge in [-0.15, -0.1) is 11.3 Å². The van der Waals surface area contributed by atoms with Crippen LogP contribution in [-0.2, 0) is 4.79 Å². The molecule has 0 bridgehead atoms. The summed E-state index contributed by atoms with van der Waals surface area (Å²) in [6, 6.07) is 9.25. The second-order valence-corrected chi connectivity index (χ2v) is 9.00. The topological polar surface area (TPSA) is 116 Å². The molecular weight excluding hydrogens is 471 g/mol. The Morgan fingerprint density at radius 1 is 1.18 bits per heavy atom. The molecule has 0 aliphatic heterocycles. The fourth-order valence-electron chi connectivity index (χ4n) is 3.46. The van der Waals surface area contributed by atoms with Crippen molar-refractivity contribution in [2.45, 2.75) is 13.0 Å². The third kappa shape index (κ3) is 4.22. The fourth-order valence-corrected chi connectivity index (χ4v) is 4.57. The molecule has 170 valence electrons. The lowest BCUT2D eigenvalue weighted by molar-refractivity contribution is -0.138. The van der Waals surface area contributed by atoms with Crippen molar-refractivity contribution in [3.8, 4) is 5.69 Å². The lowest BCUT2D eigenvalue weighted by Gasteiger charge is -2.17. The molecule has 4 aromatic rings. The van der Waals surface area contributed by atoms with Gasteiger partial charge in [0.25, 0.3) is 5.56 Å². The Bertz CT molecular complexity index is 1510. The first-order valence-corrected chi connectivity index (χ1v) is 10.9. The molecule has 1 atom stereocenters. The predicted molar refractivity (Wildman–Crippen MR) is 128 cm³/mol. The Kier molecular flexibility index (Phi) is 5.96. The Morgan fingerprint density at radius 3 is 2.58 bits per heavy atom. The second-order valence-electron chi connectivity index (χ2n) is 7.26. The number of thiophene rings is 1. The largest absolute Gasteiger partial charge is 0.479 e. The van der Waals surface area contributed by atoms with E-state index >= 15 is 0 Å². The van der Waals surface area contributed by atoms with Gasteiger partial charge in [-0.2, -0.15) is 0 Å². The minimum absolute atomic E-state index is 0.00201. The minimum Gasteiger partial charge on any atom is -0.479 e. The van der Waals surface area contributed by atoms with E-state index < -0.39 is 29.1 Å². The van der Waals surface area contributed by atoms with Gasteiger partial charge in [-0.1, -0.05) is 17.7 Å². The van der Waals surface area contributed by atoms with Gasteiger partial charge in [0.2, 0.25) is 0 Å². The first-order chi connectivity index (χ1) is 15.7. The number of hydrogen-bond donors (Lipinski definition) is 4. The molecule has 33 heavy (non-hydrogen) atoms. The molecule has 1 unspecified atom stereocenters. The van der Waals surface area contributed by atoms with Gasteiger partial charge in [-0.25, -0.2) is 18.5 Å². The smallest absolute Gasteiger partial charge is 0.333 e. The van der Waals surface area contributed by atoms with Crippen molar-refractivity contribution in [2.24, 2.45) is 0 Å².